The van der Waals surface area contributed by atoms with Crippen LogP contribution in [0, 0.1) is 0 Å². The monoisotopic (exact) mass is 796 g/mol. The number of benzene rings is 8. The first kappa shape index (κ1) is 34.9. The highest BCUT2D eigenvalue weighted by atomic mass is 16.3. The quantitative estimate of drug-likeness (QED) is 0.165. The maximum atomic E-state index is 6.99. The molecule has 3 nitrogen and oxygen atoms in total. The minimum Gasteiger partial charge on any atom is -0.456 e. The number of furan rings is 1. The summed E-state index contributed by atoms with van der Waals surface area (Å²) in [5.74, 6) is 0. The van der Waals surface area contributed by atoms with E-state index in [1.165, 1.54) is 122 Å². The van der Waals surface area contributed by atoms with E-state index < -0.39 is 0 Å². The topological polar surface area (TPSA) is 21.3 Å². The van der Waals surface area contributed by atoms with Gasteiger partial charge in [-0.2, -0.15) is 0 Å². The number of aryl methyl sites for hydroxylation is 1. The first-order valence-corrected chi connectivity index (χ1v) is 22.6. The molecule has 0 bridgehead atoms. The van der Waals surface area contributed by atoms with Crippen molar-refractivity contribution in [2.75, 3.05) is 4.90 Å². The van der Waals surface area contributed by atoms with Gasteiger partial charge in [0.1, 0.15) is 11.2 Å². The smallest absolute Gasteiger partial charge is 0.333 e. The normalized spacial score (nSPS) is 15.6. The maximum Gasteiger partial charge on any atom is 0.333 e. The molecule has 8 aromatic carbocycles. The second-order valence-electron chi connectivity index (χ2n) is 19.5. The number of unbranched alkanes of at least 4 members (excludes halogenated alkanes) is 1. The molecule has 0 saturated carbocycles. The Labute approximate surface area is 362 Å². The summed E-state index contributed by atoms with van der Waals surface area (Å²) in [5, 5.41) is 5.06. The molecule has 0 N–H and O–H groups in total. The van der Waals surface area contributed by atoms with Crippen LogP contribution in [0.4, 0.5) is 17.1 Å². The second kappa shape index (κ2) is 11.8. The van der Waals surface area contributed by atoms with Crippen molar-refractivity contribution in [2.24, 2.45) is 0 Å². The maximum absolute atomic E-state index is 6.99. The Kier molecular flexibility index (Phi) is 6.62. The average molecular weight is 797 g/mol. The van der Waals surface area contributed by atoms with Crippen LogP contribution in [0.5, 0.6) is 0 Å². The zero-order chi connectivity index (χ0) is 41.4. The predicted molar refractivity (Wildman–Crippen MR) is 261 cm³/mol. The van der Waals surface area contributed by atoms with Crippen molar-refractivity contribution in [3.63, 3.8) is 0 Å². The number of nitrogens with zero attached hydrogens (tertiary/aromatic N) is 2. The van der Waals surface area contributed by atoms with Crippen molar-refractivity contribution < 1.29 is 4.42 Å². The largest absolute Gasteiger partial charge is 0.456 e. The molecule has 2 aliphatic carbocycles. The molecule has 0 amide bonds. The summed E-state index contributed by atoms with van der Waals surface area (Å²) < 4.78 is 9.72. The molecule has 2 aliphatic heterocycles. The van der Waals surface area contributed by atoms with Crippen molar-refractivity contribution in [2.45, 2.75) is 64.7 Å². The average Bonchev–Trinajstić information content (AvgIpc) is 3.97. The van der Waals surface area contributed by atoms with Gasteiger partial charge in [-0.15, -0.1) is 0 Å². The van der Waals surface area contributed by atoms with Gasteiger partial charge in [0.2, 0.25) is 0 Å². The Bertz CT molecular complexity index is 3650. The van der Waals surface area contributed by atoms with E-state index in [-0.39, 0.29) is 17.7 Å². The summed E-state index contributed by atoms with van der Waals surface area (Å²) in [7, 11) is 0. The van der Waals surface area contributed by atoms with Crippen LogP contribution in [0.25, 0.3) is 77.1 Å². The van der Waals surface area contributed by atoms with Gasteiger partial charge in [0.25, 0.3) is 0 Å². The molecule has 0 saturated heterocycles. The third kappa shape index (κ3) is 4.19. The Balaban J connectivity index is 1.17. The molecule has 0 unspecified atom stereocenters. The number of fused-ring (bicyclic) bond motifs is 17. The van der Waals surface area contributed by atoms with Crippen LogP contribution in [0.2, 0.25) is 0 Å². The van der Waals surface area contributed by atoms with Crippen LogP contribution in [0.1, 0.15) is 75.3 Å². The van der Waals surface area contributed by atoms with Gasteiger partial charge in [0.05, 0.1) is 0 Å². The Morgan fingerprint density at radius 2 is 1.23 bits per heavy atom. The highest BCUT2D eigenvalue weighted by Crippen LogP contribution is 2.55. The van der Waals surface area contributed by atoms with Crippen LogP contribution in [0.15, 0.2) is 150 Å². The predicted octanol–water partition coefficient (Wildman–Crippen LogP) is 14.1. The summed E-state index contributed by atoms with van der Waals surface area (Å²) in [6.07, 6.45) is 3.37. The van der Waals surface area contributed by atoms with Crippen LogP contribution in [-0.2, 0) is 17.3 Å². The third-order valence-corrected chi connectivity index (χ3v) is 15.5. The fourth-order valence-electron chi connectivity index (χ4n) is 12.6. The molecule has 14 rings (SSSR count). The fourth-order valence-corrected chi connectivity index (χ4v) is 12.6. The Morgan fingerprint density at radius 1 is 0.548 bits per heavy atom. The van der Waals surface area contributed by atoms with E-state index in [2.05, 4.69) is 190 Å². The molecule has 2 aromatic heterocycles. The molecule has 0 atom stereocenters. The van der Waals surface area contributed by atoms with Crippen LogP contribution >= 0.6 is 0 Å². The van der Waals surface area contributed by atoms with Gasteiger partial charge in [-0.3, -0.25) is 0 Å². The Morgan fingerprint density at radius 3 is 2.02 bits per heavy atom. The van der Waals surface area contributed by atoms with E-state index >= 15 is 0 Å². The molecule has 296 valence electrons. The van der Waals surface area contributed by atoms with Gasteiger partial charge in [-0.05, 0) is 122 Å². The first-order valence-electron chi connectivity index (χ1n) is 22.6. The molecule has 0 radical (unpaired) electrons. The lowest BCUT2D eigenvalue weighted by Gasteiger charge is -2.41. The highest BCUT2D eigenvalue weighted by molar-refractivity contribution is 6.90. The van der Waals surface area contributed by atoms with Gasteiger partial charge in [-0.1, -0.05) is 138 Å². The van der Waals surface area contributed by atoms with E-state index in [4.69, 9.17) is 4.42 Å². The highest BCUT2D eigenvalue weighted by Gasteiger charge is 2.47. The number of hydrogen-bond acceptors (Lipinski definition) is 2. The molecule has 0 fully saturated rings. The van der Waals surface area contributed by atoms with Gasteiger partial charge < -0.3 is 13.8 Å². The molecule has 62 heavy (non-hydrogen) atoms. The van der Waals surface area contributed by atoms with Crippen molar-refractivity contribution in [1.29, 1.82) is 0 Å². The summed E-state index contributed by atoms with van der Waals surface area (Å²) >= 11 is 0. The van der Waals surface area contributed by atoms with E-state index in [0.29, 0.717) is 0 Å². The van der Waals surface area contributed by atoms with Gasteiger partial charge in [0.15, 0.2) is 0 Å². The van der Waals surface area contributed by atoms with Crippen molar-refractivity contribution in [1.82, 2.24) is 4.48 Å². The lowest BCUT2D eigenvalue weighted by atomic mass is 9.44. The van der Waals surface area contributed by atoms with Crippen molar-refractivity contribution in [3.8, 4) is 33.4 Å². The number of rotatable bonds is 4. The SMILES string of the molecule is CCCCc1cc2c3c(c1)c1ccccc1n3B1c3cc4c(cc3N(c3ccc5c(c3)-c3ccccc3C5(C)C)c3cc5oc6ccccc6c5c-2c31)-c1ccccc1C4(C)C. The van der Waals surface area contributed by atoms with Crippen molar-refractivity contribution in [3.05, 3.63) is 173 Å². The molecular formula is C58H45BN2O. The van der Waals surface area contributed by atoms with E-state index in [1.54, 1.807) is 0 Å². The third-order valence-electron chi connectivity index (χ3n) is 15.5. The Hall–Kier alpha value is -6.78. The van der Waals surface area contributed by atoms with Crippen molar-refractivity contribution >= 4 is 78.6 Å². The van der Waals surface area contributed by atoms with E-state index in [0.717, 1.165) is 30.4 Å². The van der Waals surface area contributed by atoms with E-state index in [9.17, 15) is 0 Å². The lowest BCUT2D eigenvalue weighted by Crippen LogP contribution is -2.57. The summed E-state index contributed by atoms with van der Waals surface area (Å²) in [6.45, 7) is 11.8. The molecule has 4 aliphatic rings. The lowest BCUT2D eigenvalue weighted by molar-refractivity contribution is 0.660. The minimum atomic E-state index is -0.155. The van der Waals surface area contributed by atoms with Gasteiger partial charge in [0, 0.05) is 72.1 Å². The van der Waals surface area contributed by atoms with Crippen LogP contribution in [-0.4, -0.2) is 11.3 Å². The number of anilines is 3. The molecule has 0 spiro atoms. The fraction of sp³-hybridized carbons (Fsp3) is 0.172. The number of aromatic nitrogens is 1. The number of hydrogen-bond donors (Lipinski definition) is 0. The molecular weight excluding hydrogens is 751 g/mol. The first-order chi connectivity index (χ1) is 30.2. The van der Waals surface area contributed by atoms with Gasteiger partial charge >= 0.3 is 6.85 Å². The second-order valence-corrected chi connectivity index (χ2v) is 19.5. The minimum absolute atomic E-state index is 0.0698. The molecule has 4 heteroatoms. The molecule has 10 aromatic rings. The number of para-hydroxylation sites is 2. The summed E-state index contributed by atoms with van der Waals surface area (Å²) in [6, 6.07) is 55.8. The zero-order valence-electron chi connectivity index (χ0n) is 35.9. The zero-order valence-corrected chi connectivity index (χ0v) is 35.9. The summed E-state index contributed by atoms with van der Waals surface area (Å²) in [4.78, 5) is 2.61. The van der Waals surface area contributed by atoms with Crippen LogP contribution < -0.4 is 15.8 Å². The van der Waals surface area contributed by atoms with Gasteiger partial charge in [-0.25, -0.2) is 0 Å². The summed E-state index contributed by atoms with van der Waals surface area (Å²) in [5.41, 5.74) is 25.4. The molecule has 4 heterocycles. The van der Waals surface area contributed by atoms with Crippen LogP contribution in [0.3, 0.4) is 0 Å². The standard InChI is InChI=1S/C58H45BN2O/c1-6-7-16-33-27-41-37-19-10-14-23-48(37)61-56(41)42(28-33)54-53-38-20-11-15-24-51(38)62-52(53)32-50-55(54)59(61)47-31-46-40(36-18-9-13-22-44(36)58(46,4)5)30-49(47)60(50)34-25-26-45-39(29-34)35-17-8-12-21-43(35)57(45,2)3/h8-15,17-32H,6-7,16H2,1-5H3. The van der Waals surface area contributed by atoms with E-state index in [1.807, 2.05) is 0 Å².